The third kappa shape index (κ3) is 6.23. The number of carbonyl (C=O) groups excluding carboxylic acids is 3. The Hall–Kier alpha value is -3.03. The van der Waals surface area contributed by atoms with Gasteiger partial charge in [0.1, 0.15) is 11.6 Å². The molecule has 1 N–H and O–H groups in total. The second-order valence-electron chi connectivity index (χ2n) is 7.24. The summed E-state index contributed by atoms with van der Waals surface area (Å²) < 4.78 is 22.8. The fraction of sp³-hybridized carbons (Fsp3) is 0.429. The first kappa shape index (κ1) is 22.3. The molecule has 2 aromatic rings. The summed E-state index contributed by atoms with van der Waals surface area (Å²) in [7, 11) is 1.25. The van der Waals surface area contributed by atoms with Crippen molar-refractivity contribution in [3.8, 4) is 0 Å². The molecule has 0 bridgehead atoms. The van der Waals surface area contributed by atoms with Crippen LogP contribution in [0, 0.1) is 24.6 Å². The summed E-state index contributed by atoms with van der Waals surface area (Å²) >= 11 is 0. The van der Waals surface area contributed by atoms with E-state index in [4.69, 9.17) is 9.26 Å². The first-order chi connectivity index (χ1) is 13.7. The van der Waals surface area contributed by atoms with Crippen LogP contribution in [-0.4, -0.2) is 36.0 Å². The zero-order chi connectivity index (χ0) is 21.6. The SMILES string of the molecule is COC(=O)[C@@H](CC(=O)[C@@H](NC(=O)c1cc(C)on1)C(C)C)Cc1ccc(F)cc1.[HH]. The van der Waals surface area contributed by atoms with E-state index in [0.717, 1.165) is 0 Å². The third-order valence-corrected chi connectivity index (χ3v) is 4.54. The number of esters is 1. The van der Waals surface area contributed by atoms with E-state index in [2.05, 4.69) is 10.5 Å². The van der Waals surface area contributed by atoms with Gasteiger partial charge < -0.3 is 14.6 Å². The maximum atomic E-state index is 13.1. The lowest BCUT2D eigenvalue weighted by Gasteiger charge is -2.23. The summed E-state index contributed by atoms with van der Waals surface area (Å²) in [5.74, 6) is -2.22. The lowest BCUT2D eigenvalue weighted by molar-refractivity contribution is -0.147. The number of aryl methyl sites for hydroxylation is 1. The topological polar surface area (TPSA) is 98.5 Å². The number of Topliss-reactive ketones (excluding diaryl/α,β-unsaturated/α-hetero) is 1. The molecule has 0 aliphatic carbocycles. The van der Waals surface area contributed by atoms with Gasteiger partial charge >= 0.3 is 5.97 Å². The van der Waals surface area contributed by atoms with Crippen LogP contribution in [0.15, 0.2) is 34.9 Å². The number of carbonyl (C=O) groups is 3. The number of hydrogen-bond donors (Lipinski definition) is 1. The number of ether oxygens (including phenoxy) is 1. The highest BCUT2D eigenvalue weighted by atomic mass is 19.1. The predicted octanol–water partition coefficient (Wildman–Crippen LogP) is 3.11. The van der Waals surface area contributed by atoms with Gasteiger partial charge in [0.25, 0.3) is 5.91 Å². The number of methoxy groups -OCH3 is 1. The number of rotatable bonds is 9. The van der Waals surface area contributed by atoms with Crippen LogP contribution in [0.3, 0.4) is 0 Å². The molecule has 0 spiro atoms. The highest BCUT2D eigenvalue weighted by Crippen LogP contribution is 2.18. The molecule has 0 aliphatic heterocycles. The van der Waals surface area contributed by atoms with E-state index >= 15 is 0 Å². The highest BCUT2D eigenvalue weighted by Gasteiger charge is 2.30. The Labute approximate surface area is 170 Å². The number of aromatic nitrogens is 1. The van der Waals surface area contributed by atoms with Crippen LogP contribution in [0.4, 0.5) is 4.39 Å². The third-order valence-electron chi connectivity index (χ3n) is 4.54. The van der Waals surface area contributed by atoms with Crippen molar-refractivity contribution in [2.75, 3.05) is 7.11 Å². The minimum absolute atomic E-state index is 0. The molecule has 0 saturated carbocycles. The summed E-state index contributed by atoms with van der Waals surface area (Å²) in [5, 5.41) is 6.32. The van der Waals surface area contributed by atoms with Crippen molar-refractivity contribution >= 4 is 17.7 Å². The van der Waals surface area contributed by atoms with Crippen LogP contribution in [-0.2, 0) is 20.7 Å². The second-order valence-corrected chi connectivity index (χ2v) is 7.24. The highest BCUT2D eigenvalue weighted by molar-refractivity contribution is 5.97. The van der Waals surface area contributed by atoms with E-state index in [1.54, 1.807) is 32.9 Å². The minimum Gasteiger partial charge on any atom is -0.469 e. The Balaban J connectivity index is 0.00000450. The van der Waals surface area contributed by atoms with E-state index in [-0.39, 0.29) is 37.5 Å². The molecule has 0 saturated heterocycles. The summed E-state index contributed by atoms with van der Waals surface area (Å²) in [5.41, 5.74) is 0.787. The molecule has 0 aliphatic rings. The summed E-state index contributed by atoms with van der Waals surface area (Å²) in [6.45, 7) is 5.25. The number of halogens is 1. The van der Waals surface area contributed by atoms with Crippen molar-refractivity contribution in [3.63, 3.8) is 0 Å². The molecule has 1 aromatic carbocycles. The summed E-state index contributed by atoms with van der Waals surface area (Å²) in [4.78, 5) is 37.5. The lowest BCUT2D eigenvalue weighted by Crippen LogP contribution is -2.45. The van der Waals surface area contributed by atoms with Crippen LogP contribution in [0.2, 0.25) is 0 Å². The molecule has 2 atom stereocenters. The average Bonchev–Trinajstić information content (AvgIpc) is 3.12. The van der Waals surface area contributed by atoms with Gasteiger partial charge in [-0.1, -0.05) is 31.1 Å². The van der Waals surface area contributed by atoms with Gasteiger partial charge in [-0.2, -0.15) is 0 Å². The molecule has 1 heterocycles. The predicted molar refractivity (Wildman–Crippen MR) is 105 cm³/mol. The number of benzene rings is 1. The fourth-order valence-corrected chi connectivity index (χ4v) is 2.99. The smallest absolute Gasteiger partial charge is 0.309 e. The van der Waals surface area contributed by atoms with Crippen molar-refractivity contribution in [2.24, 2.45) is 11.8 Å². The number of ketones is 1. The molecule has 1 aromatic heterocycles. The van der Waals surface area contributed by atoms with Gasteiger partial charge in [0.05, 0.1) is 19.1 Å². The Morgan fingerprint density at radius 1 is 1.24 bits per heavy atom. The maximum absolute atomic E-state index is 13.1. The molecule has 8 heteroatoms. The van der Waals surface area contributed by atoms with E-state index in [9.17, 15) is 18.8 Å². The van der Waals surface area contributed by atoms with Crippen LogP contribution >= 0.6 is 0 Å². The Morgan fingerprint density at radius 3 is 2.41 bits per heavy atom. The molecule has 158 valence electrons. The number of hydrogen-bond acceptors (Lipinski definition) is 6. The second kappa shape index (κ2) is 9.95. The van der Waals surface area contributed by atoms with Crippen molar-refractivity contribution in [2.45, 2.75) is 39.7 Å². The Bertz CT molecular complexity index is 867. The van der Waals surface area contributed by atoms with E-state index in [1.165, 1.54) is 25.3 Å². The standard InChI is InChI=1S/C21H25FN2O5.H2/c1-12(2)19(23-20(26)17-9-13(3)29-24-17)18(25)11-15(21(27)28-4)10-14-5-7-16(22)8-6-14;/h5-9,12,15,19H,10-11H2,1-4H3,(H,23,26);1H/t15-,19+;/m1./s1. The minimum atomic E-state index is -0.806. The monoisotopic (exact) mass is 406 g/mol. The van der Waals surface area contributed by atoms with E-state index in [0.29, 0.717) is 11.3 Å². The van der Waals surface area contributed by atoms with Gasteiger partial charge in [0, 0.05) is 13.9 Å². The quantitative estimate of drug-likeness (QED) is 0.643. The van der Waals surface area contributed by atoms with Gasteiger partial charge in [-0.25, -0.2) is 4.39 Å². The van der Waals surface area contributed by atoms with Crippen molar-refractivity contribution < 1.29 is 29.5 Å². The van der Waals surface area contributed by atoms with Gasteiger partial charge in [-0.3, -0.25) is 14.4 Å². The summed E-state index contributed by atoms with van der Waals surface area (Å²) in [6.07, 6.45) is 0.102. The molecule has 2 rings (SSSR count). The van der Waals surface area contributed by atoms with Gasteiger partial charge in [-0.05, 0) is 37.0 Å². The number of nitrogens with one attached hydrogen (secondary N) is 1. The van der Waals surface area contributed by atoms with E-state index < -0.39 is 23.8 Å². The number of nitrogens with zero attached hydrogens (tertiary/aromatic N) is 1. The van der Waals surface area contributed by atoms with E-state index in [1.807, 2.05) is 0 Å². The molecule has 29 heavy (non-hydrogen) atoms. The first-order valence-corrected chi connectivity index (χ1v) is 9.30. The van der Waals surface area contributed by atoms with Crippen molar-refractivity contribution in [1.82, 2.24) is 10.5 Å². The van der Waals surface area contributed by atoms with Crippen molar-refractivity contribution in [3.05, 3.63) is 53.2 Å². The zero-order valence-corrected chi connectivity index (χ0v) is 16.9. The number of amides is 1. The first-order valence-electron chi connectivity index (χ1n) is 9.30. The lowest BCUT2D eigenvalue weighted by atomic mass is 9.89. The van der Waals surface area contributed by atoms with Crippen molar-refractivity contribution in [1.29, 1.82) is 0 Å². The molecule has 0 unspecified atom stereocenters. The zero-order valence-electron chi connectivity index (χ0n) is 16.9. The molecule has 0 radical (unpaired) electrons. The van der Waals surface area contributed by atoms with Crippen LogP contribution in [0.25, 0.3) is 0 Å². The molecule has 1 amide bonds. The van der Waals surface area contributed by atoms with Crippen LogP contribution in [0.1, 0.15) is 43.5 Å². The average molecular weight is 406 g/mol. The maximum Gasteiger partial charge on any atom is 0.309 e. The Kier molecular flexibility index (Phi) is 7.64. The molecular formula is C21H27FN2O5. The largest absolute Gasteiger partial charge is 0.469 e. The molecule has 7 nitrogen and oxygen atoms in total. The van der Waals surface area contributed by atoms with Gasteiger partial charge in [0.2, 0.25) is 0 Å². The molecule has 0 fully saturated rings. The van der Waals surface area contributed by atoms with Gasteiger partial charge in [-0.15, -0.1) is 0 Å². The summed E-state index contributed by atoms with van der Waals surface area (Å²) in [6, 6.07) is 6.38. The Morgan fingerprint density at radius 2 is 1.90 bits per heavy atom. The van der Waals surface area contributed by atoms with Crippen LogP contribution < -0.4 is 5.32 Å². The van der Waals surface area contributed by atoms with Crippen LogP contribution in [0.5, 0.6) is 0 Å². The van der Waals surface area contributed by atoms with Gasteiger partial charge in [0.15, 0.2) is 11.5 Å². The fourth-order valence-electron chi connectivity index (χ4n) is 2.99. The normalized spacial score (nSPS) is 13.0. The molecular weight excluding hydrogens is 379 g/mol.